The summed E-state index contributed by atoms with van der Waals surface area (Å²) in [5.41, 5.74) is 2.73. The molecule has 0 bridgehead atoms. The third-order valence-electron chi connectivity index (χ3n) is 13.2. The van der Waals surface area contributed by atoms with E-state index in [4.69, 9.17) is 9.97 Å². The number of fused-ring (bicyclic) bond motifs is 2. The molecule has 5 aliphatic rings. The number of nitrogens with zero attached hydrogens (tertiary/aromatic N) is 9. The van der Waals surface area contributed by atoms with E-state index in [1.807, 2.05) is 23.2 Å². The van der Waals surface area contributed by atoms with Gasteiger partial charge in [0.2, 0.25) is 17.8 Å². The zero-order chi connectivity index (χ0) is 42.7. The van der Waals surface area contributed by atoms with Gasteiger partial charge in [-0.2, -0.15) is 4.98 Å². The smallest absolute Gasteiger partial charge is 0.270 e. The Kier molecular flexibility index (Phi) is 10.7. The molecule has 4 fully saturated rings. The van der Waals surface area contributed by atoms with Crippen LogP contribution in [0, 0.1) is 11.7 Å². The van der Waals surface area contributed by atoms with Crippen LogP contribution in [0.15, 0.2) is 42.7 Å². The Morgan fingerprint density at radius 1 is 0.902 bits per heavy atom. The second-order valence-corrected chi connectivity index (χ2v) is 17.6. The maximum absolute atomic E-state index is 15.8. The zero-order valence-electron chi connectivity index (χ0n) is 35.1. The number of carbonyl (C=O) groups is 5. The molecule has 3 saturated heterocycles. The van der Waals surface area contributed by atoms with E-state index in [9.17, 15) is 24.0 Å². The highest BCUT2D eigenvalue weighted by atomic mass is 19.1. The van der Waals surface area contributed by atoms with Crippen LogP contribution in [0.25, 0.3) is 11.0 Å². The molecule has 4 aliphatic heterocycles. The Morgan fingerprint density at radius 3 is 2.26 bits per heavy atom. The molecule has 0 radical (unpaired) electrons. The third-order valence-corrected chi connectivity index (χ3v) is 13.2. The van der Waals surface area contributed by atoms with Crippen molar-refractivity contribution in [3.63, 3.8) is 0 Å². The van der Waals surface area contributed by atoms with Gasteiger partial charge < -0.3 is 24.6 Å². The predicted molar refractivity (Wildman–Crippen MR) is 226 cm³/mol. The molecule has 17 heteroatoms. The molecule has 16 nitrogen and oxygen atoms in total. The third kappa shape index (κ3) is 7.57. The molecule has 3 aromatic heterocycles. The second-order valence-electron chi connectivity index (χ2n) is 17.6. The van der Waals surface area contributed by atoms with Gasteiger partial charge in [-0.05, 0) is 82.2 Å². The number of imide groups is 2. The summed E-state index contributed by atoms with van der Waals surface area (Å²) in [4.78, 5) is 87.4. The molecule has 7 heterocycles. The molecule has 3 unspecified atom stereocenters. The van der Waals surface area contributed by atoms with Crippen LogP contribution in [0.1, 0.15) is 102 Å². The minimum absolute atomic E-state index is 0.0160. The van der Waals surface area contributed by atoms with Gasteiger partial charge in [-0.1, -0.05) is 12.8 Å². The Balaban J connectivity index is 0.796. The molecule has 5 amide bonds. The van der Waals surface area contributed by atoms with E-state index < -0.39 is 35.5 Å². The van der Waals surface area contributed by atoms with E-state index in [0.717, 1.165) is 85.8 Å². The molecule has 4 aromatic rings. The summed E-state index contributed by atoms with van der Waals surface area (Å²) >= 11 is 0. The molecular formula is C44H52FN11O5. The first-order valence-electron chi connectivity index (χ1n) is 21.5. The average Bonchev–Trinajstić information content (AvgIpc) is 3.95. The van der Waals surface area contributed by atoms with Crippen molar-refractivity contribution in [2.75, 3.05) is 61.9 Å². The number of nitrogens with one attached hydrogen (secondary N) is 2. The molecule has 1 aliphatic carbocycles. The Bertz CT molecular complexity index is 2390. The van der Waals surface area contributed by atoms with Crippen molar-refractivity contribution in [1.29, 1.82) is 0 Å². The lowest BCUT2D eigenvalue weighted by Gasteiger charge is -2.47. The number of anilines is 4. The fourth-order valence-corrected chi connectivity index (χ4v) is 10.2. The summed E-state index contributed by atoms with van der Waals surface area (Å²) < 4.78 is 17.9. The number of carbonyl (C=O) groups excluding carboxylic acids is 5. The summed E-state index contributed by atoms with van der Waals surface area (Å²) in [5, 5.41) is 6.31. The first-order valence-corrected chi connectivity index (χ1v) is 21.5. The normalized spacial score (nSPS) is 23.0. The predicted octanol–water partition coefficient (Wildman–Crippen LogP) is 4.74. The van der Waals surface area contributed by atoms with E-state index in [0.29, 0.717) is 36.5 Å². The Hall–Kier alpha value is -5.97. The number of piperazine rings is 1. The molecule has 9 rings (SSSR count). The van der Waals surface area contributed by atoms with E-state index in [-0.39, 0.29) is 53.7 Å². The monoisotopic (exact) mass is 833 g/mol. The summed E-state index contributed by atoms with van der Waals surface area (Å²) in [6.07, 6.45) is 10.1. The number of pyridine rings is 1. The van der Waals surface area contributed by atoms with Gasteiger partial charge in [-0.3, -0.25) is 39.1 Å². The molecule has 1 aromatic carbocycles. The lowest BCUT2D eigenvalue weighted by Crippen LogP contribution is -2.58. The van der Waals surface area contributed by atoms with Crippen LogP contribution < -0.4 is 20.4 Å². The summed E-state index contributed by atoms with van der Waals surface area (Å²) in [6, 6.07) is 7.48. The number of aromatic nitrogens is 4. The quantitative estimate of drug-likeness (QED) is 0.223. The summed E-state index contributed by atoms with van der Waals surface area (Å²) in [7, 11) is 3.54. The first-order chi connectivity index (χ1) is 29.3. The van der Waals surface area contributed by atoms with Crippen LogP contribution >= 0.6 is 0 Å². The highest BCUT2D eigenvalue weighted by Crippen LogP contribution is 2.37. The van der Waals surface area contributed by atoms with Crippen LogP contribution in [0.4, 0.5) is 27.5 Å². The molecule has 1 saturated carbocycles. The van der Waals surface area contributed by atoms with E-state index in [1.165, 1.54) is 6.07 Å². The minimum Gasteiger partial charge on any atom is -0.370 e. The van der Waals surface area contributed by atoms with Gasteiger partial charge in [0.25, 0.3) is 17.7 Å². The summed E-state index contributed by atoms with van der Waals surface area (Å²) in [6.45, 7) is 8.26. The lowest BCUT2D eigenvalue weighted by atomic mass is 9.94. The minimum atomic E-state index is -1.11. The summed E-state index contributed by atoms with van der Waals surface area (Å²) in [5.74, 6) is -1.57. The number of hydrogen-bond donors (Lipinski definition) is 2. The number of rotatable bonds is 9. The zero-order valence-corrected chi connectivity index (χ0v) is 35.1. The van der Waals surface area contributed by atoms with Crippen molar-refractivity contribution in [3.05, 3.63) is 65.4 Å². The SMILES string of the molecule is CC1CN(CC2CCN(c3ccc(Nc4ncc5cc(C(=O)N(C)C)n(C6CCCC6)c5n4)nc3)CC2)CC(C)N1c1cc2c(cc1F)C(=O)N(C1CCC(=O)NC1=O)C2=O. The van der Waals surface area contributed by atoms with Gasteiger partial charge in [0, 0.05) is 82.9 Å². The number of piperidine rings is 2. The Labute approximate surface area is 353 Å². The molecular weight excluding hydrogens is 782 g/mol. The van der Waals surface area contributed by atoms with E-state index in [1.54, 1.807) is 25.2 Å². The fraction of sp³-hybridized carbons (Fsp3) is 0.500. The van der Waals surface area contributed by atoms with E-state index in [2.05, 4.69) is 49.9 Å². The van der Waals surface area contributed by atoms with Crippen LogP contribution in [0.5, 0.6) is 0 Å². The van der Waals surface area contributed by atoms with E-state index >= 15 is 4.39 Å². The topological polar surface area (TPSA) is 169 Å². The number of hydrogen-bond acceptors (Lipinski definition) is 12. The van der Waals surface area contributed by atoms with Gasteiger partial charge in [0.05, 0.1) is 28.7 Å². The van der Waals surface area contributed by atoms with Gasteiger partial charge in [-0.25, -0.2) is 14.4 Å². The largest absolute Gasteiger partial charge is 0.370 e. The van der Waals surface area contributed by atoms with Crippen molar-refractivity contribution in [3.8, 4) is 0 Å². The van der Waals surface area contributed by atoms with Crippen molar-refractivity contribution < 1.29 is 28.4 Å². The molecule has 61 heavy (non-hydrogen) atoms. The van der Waals surface area contributed by atoms with Crippen LogP contribution in [-0.2, 0) is 9.59 Å². The van der Waals surface area contributed by atoms with Gasteiger partial charge in [-0.15, -0.1) is 0 Å². The van der Waals surface area contributed by atoms with Crippen molar-refractivity contribution in [1.82, 2.24) is 39.5 Å². The van der Waals surface area contributed by atoms with Gasteiger partial charge in [0.15, 0.2) is 0 Å². The second kappa shape index (κ2) is 16.1. The average molecular weight is 834 g/mol. The fourth-order valence-electron chi connectivity index (χ4n) is 10.2. The number of benzene rings is 1. The highest BCUT2D eigenvalue weighted by Gasteiger charge is 2.46. The molecule has 0 spiro atoms. The molecule has 3 atom stereocenters. The molecule has 2 N–H and O–H groups in total. The highest BCUT2D eigenvalue weighted by molar-refractivity contribution is 6.23. The maximum Gasteiger partial charge on any atom is 0.270 e. The van der Waals surface area contributed by atoms with Crippen molar-refractivity contribution in [2.45, 2.75) is 89.4 Å². The van der Waals surface area contributed by atoms with Gasteiger partial charge in [0.1, 0.15) is 29.0 Å². The standard InChI is InChI=1S/C44H52FN11O5/c1-25-22-52(23-26(2)54(25)35-19-32-31(18-33(35)45)41(59)56(42(32)60)34-10-12-38(57)49-40(34)58)24-27-13-15-53(16-14-27)30-9-11-37(46-21-30)48-44-47-20-28-17-36(43(61)51(3)4)55(39(28)50-44)29-7-5-6-8-29/h9,11,17-21,25-27,29,34H,5-8,10,12-16,22-24H2,1-4H3,(H,49,57,58)(H,46,47,48,50). The van der Waals surface area contributed by atoms with Crippen LogP contribution in [-0.4, -0.2) is 129 Å². The van der Waals surface area contributed by atoms with Crippen LogP contribution in [0.2, 0.25) is 0 Å². The number of amides is 5. The maximum atomic E-state index is 15.8. The Morgan fingerprint density at radius 2 is 1.61 bits per heavy atom. The molecule has 320 valence electrons. The van der Waals surface area contributed by atoms with Gasteiger partial charge >= 0.3 is 0 Å². The van der Waals surface area contributed by atoms with Crippen molar-refractivity contribution >= 4 is 63.7 Å². The number of halogens is 1. The van der Waals surface area contributed by atoms with Crippen LogP contribution in [0.3, 0.4) is 0 Å². The van der Waals surface area contributed by atoms with Crippen molar-refractivity contribution in [2.24, 2.45) is 5.92 Å². The lowest BCUT2D eigenvalue weighted by molar-refractivity contribution is -0.136. The first kappa shape index (κ1) is 40.4.